The summed E-state index contributed by atoms with van der Waals surface area (Å²) in [5.41, 5.74) is 1.63. The molecule has 1 atom stereocenters. The van der Waals surface area contributed by atoms with Crippen molar-refractivity contribution < 1.29 is 9.53 Å². The van der Waals surface area contributed by atoms with Crippen molar-refractivity contribution in [2.45, 2.75) is 19.0 Å². The molecule has 6 nitrogen and oxygen atoms in total. The summed E-state index contributed by atoms with van der Waals surface area (Å²) in [5, 5.41) is 4.89. The summed E-state index contributed by atoms with van der Waals surface area (Å²) in [7, 11) is 5.66. The van der Waals surface area contributed by atoms with Gasteiger partial charge in [-0.1, -0.05) is 11.6 Å². The fraction of sp³-hybridized carbons (Fsp3) is 0.444. The highest BCUT2D eigenvalue weighted by Crippen LogP contribution is 2.28. The van der Waals surface area contributed by atoms with Gasteiger partial charge in [0, 0.05) is 18.3 Å². The first-order chi connectivity index (χ1) is 12.0. The number of ether oxygens (including phenoxy) is 1. The minimum atomic E-state index is -0.0214. The number of methoxy groups -OCH3 is 1. The van der Waals surface area contributed by atoms with E-state index in [2.05, 4.69) is 24.1 Å². The van der Waals surface area contributed by atoms with Gasteiger partial charge in [-0.25, -0.2) is 0 Å². The standard InChI is InChI=1S/C18H23ClN4O2/c1-21(2)9-7-15-12-22(11-14-6-8-20-23(14)15)18(24)13-4-5-17(25-3)16(19)10-13/h4-6,8,10,15H,7,9,11-12H2,1-3H3/t15-/m0/s1. The Morgan fingerprint density at radius 1 is 1.40 bits per heavy atom. The van der Waals surface area contributed by atoms with Crippen molar-refractivity contribution in [1.82, 2.24) is 19.6 Å². The Bertz CT molecular complexity index is 759. The zero-order valence-electron chi connectivity index (χ0n) is 14.8. The fourth-order valence-corrected chi connectivity index (χ4v) is 3.40. The summed E-state index contributed by atoms with van der Waals surface area (Å²) in [4.78, 5) is 17.0. The van der Waals surface area contributed by atoms with Gasteiger partial charge in [0.05, 0.1) is 30.4 Å². The molecule has 0 unspecified atom stereocenters. The van der Waals surface area contributed by atoms with Gasteiger partial charge in [0.2, 0.25) is 0 Å². The Kier molecular flexibility index (Phi) is 5.30. The molecule has 0 bridgehead atoms. The molecule has 0 spiro atoms. The quantitative estimate of drug-likeness (QED) is 0.820. The minimum Gasteiger partial charge on any atom is -0.495 e. The summed E-state index contributed by atoms with van der Waals surface area (Å²) in [6.07, 6.45) is 2.74. The number of carbonyl (C=O) groups excluding carboxylic acids is 1. The molecular formula is C18H23ClN4O2. The molecule has 1 aliphatic heterocycles. The van der Waals surface area contributed by atoms with Crippen LogP contribution in [0, 0.1) is 0 Å². The van der Waals surface area contributed by atoms with E-state index in [0.29, 0.717) is 29.4 Å². The third-order valence-electron chi connectivity index (χ3n) is 4.48. The summed E-state index contributed by atoms with van der Waals surface area (Å²) in [6.45, 7) is 2.15. The number of rotatable bonds is 5. The van der Waals surface area contributed by atoms with Gasteiger partial charge in [0.25, 0.3) is 5.91 Å². The molecule has 0 saturated heterocycles. The molecule has 1 aromatic carbocycles. The number of aromatic nitrogens is 2. The average molecular weight is 363 g/mol. The lowest BCUT2D eigenvalue weighted by molar-refractivity contribution is 0.0660. The molecule has 0 N–H and O–H groups in total. The van der Waals surface area contributed by atoms with E-state index in [1.54, 1.807) is 31.5 Å². The summed E-state index contributed by atoms with van der Waals surface area (Å²) in [6, 6.07) is 7.31. The molecule has 2 heterocycles. The number of nitrogens with zero attached hydrogens (tertiary/aromatic N) is 4. The number of hydrogen-bond donors (Lipinski definition) is 0. The van der Waals surface area contributed by atoms with Crippen molar-refractivity contribution >= 4 is 17.5 Å². The molecule has 0 fully saturated rings. The van der Waals surface area contributed by atoms with Crippen LogP contribution in [0.4, 0.5) is 0 Å². The van der Waals surface area contributed by atoms with Gasteiger partial charge in [-0.2, -0.15) is 5.10 Å². The monoisotopic (exact) mass is 362 g/mol. The number of halogens is 1. The first-order valence-electron chi connectivity index (χ1n) is 8.29. The normalized spacial score (nSPS) is 16.8. The SMILES string of the molecule is COc1ccc(C(=O)N2Cc3ccnn3[C@@H](CCN(C)C)C2)cc1Cl. The van der Waals surface area contributed by atoms with Crippen LogP contribution >= 0.6 is 11.6 Å². The van der Waals surface area contributed by atoms with Crippen LogP contribution in [-0.4, -0.2) is 59.8 Å². The molecular weight excluding hydrogens is 340 g/mol. The second-order valence-corrected chi connectivity index (χ2v) is 6.96. The van der Waals surface area contributed by atoms with Gasteiger partial charge in [-0.05, 0) is 51.3 Å². The van der Waals surface area contributed by atoms with Crippen molar-refractivity contribution in [3.05, 3.63) is 46.7 Å². The van der Waals surface area contributed by atoms with E-state index in [9.17, 15) is 4.79 Å². The van der Waals surface area contributed by atoms with Crippen molar-refractivity contribution in [2.75, 3.05) is 34.3 Å². The maximum absolute atomic E-state index is 13.0. The van der Waals surface area contributed by atoms with Crippen LogP contribution in [0.2, 0.25) is 5.02 Å². The van der Waals surface area contributed by atoms with E-state index in [1.165, 1.54) is 0 Å². The predicted octanol–water partition coefficient (Wildman–Crippen LogP) is 2.69. The fourth-order valence-electron chi connectivity index (χ4n) is 3.14. The average Bonchev–Trinajstić information content (AvgIpc) is 3.07. The highest BCUT2D eigenvalue weighted by molar-refractivity contribution is 6.32. The maximum Gasteiger partial charge on any atom is 0.254 e. The lowest BCUT2D eigenvalue weighted by Gasteiger charge is -2.34. The number of amides is 1. The lowest BCUT2D eigenvalue weighted by atomic mass is 10.1. The third-order valence-corrected chi connectivity index (χ3v) is 4.77. The number of carbonyl (C=O) groups is 1. The van der Waals surface area contributed by atoms with Crippen molar-refractivity contribution in [3.63, 3.8) is 0 Å². The van der Waals surface area contributed by atoms with Crippen molar-refractivity contribution in [3.8, 4) is 5.75 Å². The molecule has 7 heteroatoms. The van der Waals surface area contributed by atoms with Crippen LogP contribution in [0.15, 0.2) is 30.5 Å². The van der Waals surface area contributed by atoms with E-state index in [4.69, 9.17) is 16.3 Å². The maximum atomic E-state index is 13.0. The lowest BCUT2D eigenvalue weighted by Crippen LogP contribution is -2.42. The molecule has 25 heavy (non-hydrogen) atoms. The van der Waals surface area contributed by atoms with Crippen LogP contribution in [0.3, 0.4) is 0 Å². The highest BCUT2D eigenvalue weighted by Gasteiger charge is 2.29. The van der Waals surface area contributed by atoms with E-state index in [-0.39, 0.29) is 11.9 Å². The molecule has 2 aromatic rings. The Morgan fingerprint density at radius 2 is 2.20 bits per heavy atom. The molecule has 134 valence electrons. The number of fused-ring (bicyclic) bond motifs is 1. The number of benzene rings is 1. The largest absolute Gasteiger partial charge is 0.495 e. The Morgan fingerprint density at radius 3 is 2.88 bits per heavy atom. The van der Waals surface area contributed by atoms with Gasteiger partial charge in [0.15, 0.2) is 0 Å². The van der Waals surface area contributed by atoms with E-state index >= 15 is 0 Å². The van der Waals surface area contributed by atoms with Crippen molar-refractivity contribution in [1.29, 1.82) is 0 Å². The second kappa shape index (κ2) is 7.45. The molecule has 1 aromatic heterocycles. The molecule has 0 aliphatic carbocycles. The van der Waals surface area contributed by atoms with Crippen LogP contribution in [0.25, 0.3) is 0 Å². The number of hydrogen-bond acceptors (Lipinski definition) is 4. The summed E-state index contributed by atoms with van der Waals surface area (Å²) >= 11 is 6.17. The summed E-state index contributed by atoms with van der Waals surface area (Å²) < 4.78 is 7.21. The van der Waals surface area contributed by atoms with Crippen molar-refractivity contribution in [2.24, 2.45) is 0 Å². The Hall–Kier alpha value is -2.05. The van der Waals surface area contributed by atoms with Gasteiger partial charge < -0.3 is 14.5 Å². The molecule has 0 radical (unpaired) electrons. The van der Waals surface area contributed by atoms with Gasteiger partial charge in [-0.3, -0.25) is 9.48 Å². The topological polar surface area (TPSA) is 50.6 Å². The zero-order chi connectivity index (χ0) is 18.0. The zero-order valence-corrected chi connectivity index (χ0v) is 15.5. The molecule has 1 amide bonds. The van der Waals surface area contributed by atoms with Crippen LogP contribution in [-0.2, 0) is 6.54 Å². The third kappa shape index (κ3) is 3.80. The molecule has 3 rings (SSSR count). The van der Waals surface area contributed by atoms with Gasteiger partial charge >= 0.3 is 0 Å². The minimum absolute atomic E-state index is 0.0214. The smallest absolute Gasteiger partial charge is 0.254 e. The Balaban J connectivity index is 1.80. The summed E-state index contributed by atoms with van der Waals surface area (Å²) in [5.74, 6) is 0.547. The van der Waals surface area contributed by atoms with Crippen LogP contribution in [0.1, 0.15) is 28.5 Å². The van der Waals surface area contributed by atoms with E-state index < -0.39 is 0 Å². The van der Waals surface area contributed by atoms with E-state index in [1.807, 2.05) is 15.6 Å². The Labute approximate surface area is 152 Å². The predicted molar refractivity (Wildman–Crippen MR) is 97.2 cm³/mol. The molecule has 0 saturated carbocycles. The van der Waals surface area contributed by atoms with Gasteiger partial charge in [0.1, 0.15) is 5.75 Å². The van der Waals surface area contributed by atoms with Crippen LogP contribution < -0.4 is 4.74 Å². The highest BCUT2D eigenvalue weighted by atomic mass is 35.5. The van der Waals surface area contributed by atoms with E-state index in [0.717, 1.165) is 18.7 Å². The first kappa shape index (κ1) is 17.8. The van der Waals surface area contributed by atoms with Crippen LogP contribution in [0.5, 0.6) is 5.75 Å². The first-order valence-corrected chi connectivity index (χ1v) is 8.67. The second-order valence-electron chi connectivity index (χ2n) is 6.55. The molecule has 1 aliphatic rings. The van der Waals surface area contributed by atoms with Gasteiger partial charge in [-0.15, -0.1) is 0 Å².